The van der Waals surface area contributed by atoms with Crippen LogP contribution in [-0.4, -0.2) is 15.2 Å². The summed E-state index contributed by atoms with van der Waals surface area (Å²) in [6, 6.07) is 3.16. The molecular weight excluding hydrogens is 219 g/mol. The molecule has 0 amide bonds. The SMILES string of the molecule is Cc1ncccc1-c1[nH]ncc1C(F)(F)F. The molecule has 2 aromatic heterocycles. The molecule has 0 atom stereocenters. The molecule has 0 fully saturated rings. The summed E-state index contributed by atoms with van der Waals surface area (Å²) in [4.78, 5) is 3.94. The summed E-state index contributed by atoms with van der Waals surface area (Å²) in [6.07, 6.45) is -2.10. The van der Waals surface area contributed by atoms with Crippen molar-refractivity contribution in [3.8, 4) is 11.3 Å². The van der Waals surface area contributed by atoms with Gasteiger partial charge >= 0.3 is 6.18 Å². The predicted molar refractivity (Wildman–Crippen MR) is 51.6 cm³/mol. The van der Waals surface area contributed by atoms with E-state index >= 15 is 0 Å². The number of pyridine rings is 1. The normalized spacial score (nSPS) is 11.8. The number of aromatic nitrogens is 3. The number of aryl methyl sites for hydroxylation is 1. The Hall–Kier alpha value is -1.85. The molecule has 84 valence electrons. The average molecular weight is 227 g/mol. The molecule has 0 aromatic carbocycles. The summed E-state index contributed by atoms with van der Waals surface area (Å²) in [5.74, 6) is 0. The van der Waals surface area contributed by atoms with E-state index in [-0.39, 0.29) is 5.69 Å². The van der Waals surface area contributed by atoms with Gasteiger partial charge in [0.2, 0.25) is 0 Å². The number of aromatic amines is 1. The zero-order chi connectivity index (χ0) is 11.8. The third kappa shape index (κ3) is 1.78. The first-order valence-corrected chi connectivity index (χ1v) is 4.52. The Balaban J connectivity index is 2.58. The highest BCUT2D eigenvalue weighted by Gasteiger charge is 2.35. The molecule has 0 saturated heterocycles. The van der Waals surface area contributed by atoms with E-state index in [0.29, 0.717) is 11.3 Å². The van der Waals surface area contributed by atoms with Crippen molar-refractivity contribution in [3.63, 3.8) is 0 Å². The van der Waals surface area contributed by atoms with Crippen LogP contribution in [0.25, 0.3) is 11.3 Å². The van der Waals surface area contributed by atoms with Gasteiger partial charge in [-0.2, -0.15) is 18.3 Å². The van der Waals surface area contributed by atoms with Crippen LogP contribution in [0.15, 0.2) is 24.5 Å². The van der Waals surface area contributed by atoms with E-state index in [9.17, 15) is 13.2 Å². The minimum Gasteiger partial charge on any atom is -0.277 e. The van der Waals surface area contributed by atoms with Gasteiger partial charge in [0.15, 0.2) is 0 Å². The van der Waals surface area contributed by atoms with Crippen LogP contribution in [0, 0.1) is 6.92 Å². The number of alkyl halides is 3. The second-order valence-corrected chi connectivity index (χ2v) is 3.29. The molecular formula is C10H8F3N3. The Labute approximate surface area is 89.3 Å². The predicted octanol–water partition coefficient (Wildman–Crippen LogP) is 2.80. The second kappa shape index (κ2) is 3.62. The number of nitrogens with one attached hydrogen (secondary N) is 1. The van der Waals surface area contributed by atoms with E-state index in [0.717, 1.165) is 6.20 Å². The molecule has 0 unspecified atom stereocenters. The van der Waals surface area contributed by atoms with Crippen LogP contribution in [-0.2, 0) is 6.18 Å². The van der Waals surface area contributed by atoms with Gasteiger partial charge in [0.05, 0.1) is 11.9 Å². The third-order valence-electron chi connectivity index (χ3n) is 2.22. The zero-order valence-corrected chi connectivity index (χ0v) is 8.34. The van der Waals surface area contributed by atoms with Crippen LogP contribution >= 0.6 is 0 Å². The monoisotopic (exact) mass is 227 g/mol. The lowest BCUT2D eigenvalue weighted by atomic mass is 10.1. The summed E-state index contributed by atoms with van der Waals surface area (Å²) in [7, 11) is 0. The van der Waals surface area contributed by atoms with Crippen molar-refractivity contribution in [2.24, 2.45) is 0 Å². The van der Waals surface area contributed by atoms with Crippen molar-refractivity contribution in [1.82, 2.24) is 15.2 Å². The summed E-state index contributed by atoms with van der Waals surface area (Å²) >= 11 is 0. The first kappa shape index (κ1) is 10.7. The minimum atomic E-state index is -4.41. The molecule has 0 radical (unpaired) electrons. The Bertz CT molecular complexity index is 502. The average Bonchev–Trinajstić information content (AvgIpc) is 2.66. The highest BCUT2D eigenvalue weighted by molar-refractivity contribution is 5.65. The standard InChI is InChI=1S/C10H8F3N3/c1-6-7(3-2-4-14-6)9-8(5-15-16-9)10(11,12)13/h2-5H,1H3,(H,15,16). The van der Waals surface area contributed by atoms with Gasteiger partial charge in [0.1, 0.15) is 5.56 Å². The van der Waals surface area contributed by atoms with E-state index in [4.69, 9.17) is 0 Å². The van der Waals surface area contributed by atoms with Gasteiger partial charge in [0.25, 0.3) is 0 Å². The van der Waals surface area contributed by atoms with Crippen molar-refractivity contribution < 1.29 is 13.2 Å². The van der Waals surface area contributed by atoms with Crippen LogP contribution in [0.2, 0.25) is 0 Å². The molecule has 2 heterocycles. The minimum absolute atomic E-state index is 0.0434. The first-order chi connectivity index (χ1) is 7.50. The van der Waals surface area contributed by atoms with Gasteiger partial charge in [-0.1, -0.05) is 0 Å². The molecule has 16 heavy (non-hydrogen) atoms. The van der Waals surface area contributed by atoms with Crippen LogP contribution in [0.4, 0.5) is 13.2 Å². The van der Waals surface area contributed by atoms with Crippen LogP contribution in [0.3, 0.4) is 0 Å². The molecule has 3 nitrogen and oxygen atoms in total. The van der Waals surface area contributed by atoms with Gasteiger partial charge < -0.3 is 0 Å². The Kier molecular flexibility index (Phi) is 2.41. The van der Waals surface area contributed by atoms with Crippen molar-refractivity contribution in [1.29, 1.82) is 0 Å². The quantitative estimate of drug-likeness (QED) is 0.813. The number of rotatable bonds is 1. The maximum atomic E-state index is 12.6. The van der Waals surface area contributed by atoms with Gasteiger partial charge in [-0.3, -0.25) is 10.1 Å². The molecule has 6 heteroatoms. The molecule has 2 aromatic rings. The van der Waals surface area contributed by atoms with E-state index < -0.39 is 11.7 Å². The van der Waals surface area contributed by atoms with E-state index in [1.807, 2.05) is 0 Å². The van der Waals surface area contributed by atoms with Crippen LogP contribution < -0.4 is 0 Å². The number of hydrogen-bond acceptors (Lipinski definition) is 2. The molecule has 2 rings (SSSR count). The third-order valence-corrected chi connectivity index (χ3v) is 2.22. The fourth-order valence-corrected chi connectivity index (χ4v) is 1.45. The summed E-state index contributed by atoms with van der Waals surface area (Å²) in [5.41, 5.74) is 0.117. The smallest absolute Gasteiger partial charge is 0.277 e. The highest BCUT2D eigenvalue weighted by Crippen LogP contribution is 2.36. The van der Waals surface area contributed by atoms with Gasteiger partial charge in [0, 0.05) is 17.5 Å². The summed E-state index contributed by atoms with van der Waals surface area (Å²) in [6.45, 7) is 1.65. The van der Waals surface area contributed by atoms with Crippen molar-refractivity contribution >= 4 is 0 Å². The number of nitrogens with zero attached hydrogens (tertiary/aromatic N) is 2. The van der Waals surface area contributed by atoms with Crippen LogP contribution in [0.5, 0.6) is 0 Å². The molecule has 0 aliphatic carbocycles. The molecule has 0 aliphatic rings. The first-order valence-electron chi connectivity index (χ1n) is 4.52. The molecule has 0 aliphatic heterocycles. The lowest BCUT2D eigenvalue weighted by Gasteiger charge is -2.08. The Morgan fingerprint density at radius 2 is 2.06 bits per heavy atom. The van der Waals surface area contributed by atoms with E-state index in [1.54, 1.807) is 19.1 Å². The molecule has 0 spiro atoms. The fourth-order valence-electron chi connectivity index (χ4n) is 1.45. The Morgan fingerprint density at radius 1 is 1.31 bits per heavy atom. The summed E-state index contributed by atoms with van der Waals surface area (Å²) in [5, 5.41) is 5.79. The molecule has 0 bridgehead atoms. The maximum Gasteiger partial charge on any atom is 0.420 e. The highest BCUT2D eigenvalue weighted by atomic mass is 19.4. The lowest BCUT2D eigenvalue weighted by Crippen LogP contribution is -2.05. The lowest BCUT2D eigenvalue weighted by molar-refractivity contribution is -0.137. The zero-order valence-electron chi connectivity index (χ0n) is 8.34. The van der Waals surface area contributed by atoms with E-state index in [2.05, 4.69) is 15.2 Å². The largest absolute Gasteiger partial charge is 0.420 e. The van der Waals surface area contributed by atoms with Crippen molar-refractivity contribution in [2.45, 2.75) is 13.1 Å². The number of H-pyrrole nitrogens is 1. The fraction of sp³-hybridized carbons (Fsp3) is 0.200. The maximum absolute atomic E-state index is 12.6. The van der Waals surface area contributed by atoms with Gasteiger partial charge in [-0.05, 0) is 19.1 Å². The van der Waals surface area contributed by atoms with Gasteiger partial charge in [-0.15, -0.1) is 0 Å². The van der Waals surface area contributed by atoms with Crippen molar-refractivity contribution in [2.75, 3.05) is 0 Å². The topological polar surface area (TPSA) is 41.6 Å². The van der Waals surface area contributed by atoms with Gasteiger partial charge in [-0.25, -0.2) is 0 Å². The summed E-state index contributed by atoms with van der Waals surface area (Å²) < 4.78 is 37.9. The van der Waals surface area contributed by atoms with Crippen molar-refractivity contribution in [3.05, 3.63) is 35.8 Å². The van der Waals surface area contributed by atoms with Crippen LogP contribution in [0.1, 0.15) is 11.3 Å². The number of halogens is 3. The Morgan fingerprint density at radius 3 is 2.69 bits per heavy atom. The van der Waals surface area contributed by atoms with E-state index in [1.165, 1.54) is 6.20 Å². The number of hydrogen-bond donors (Lipinski definition) is 1. The molecule has 0 saturated carbocycles. The second-order valence-electron chi connectivity index (χ2n) is 3.29. The molecule has 1 N–H and O–H groups in total.